The average molecular weight is 375 g/mol. The van der Waals surface area contributed by atoms with Crippen molar-refractivity contribution in [2.45, 2.75) is 26.8 Å². The third-order valence-corrected chi connectivity index (χ3v) is 4.86. The van der Waals surface area contributed by atoms with Crippen molar-refractivity contribution in [3.63, 3.8) is 0 Å². The molecular formula is C23H25N3O2. The van der Waals surface area contributed by atoms with Gasteiger partial charge in [0.2, 0.25) is 0 Å². The monoisotopic (exact) mass is 375 g/mol. The van der Waals surface area contributed by atoms with Gasteiger partial charge in [0.1, 0.15) is 5.82 Å². The number of carbonyl (C=O) groups is 1. The molecule has 0 bridgehead atoms. The van der Waals surface area contributed by atoms with E-state index in [4.69, 9.17) is 10.5 Å². The predicted molar refractivity (Wildman–Crippen MR) is 113 cm³/mol. The first-order valence-corrected chi connectivity index (χ1v) is 9.17. The lowest BCUT2D eigenvalue weighted by atomic mass is 9.96. The zero-order chi connectivity index (χ0) is 20.3. The average Bonchev–Trinajstić information content (AvgIpc) is 2.71. The molecule has 1 heterocycles. The van der Waals surface area contributed by atoms with Gasteiger partial charge in [-0.05, 0) is 55.2 Å². The quantitative estimate of drug-likeness (QED) is 0.620. The van der Waals surface area contributed by atoms with E-state index in [1.54, 1.807) is 12.3 Å². The molecule has 28 heavy (non-hydrogen) atoms. The number of aromatic nitrogens is 1. The zero-order valence-corrected chi connectivity index (χ0v) is 16.6. The summed E-state index contributed by atoms with van der Waals surface area (Å²) in [6, 6.07) is 15.8. The van der Waals surface area contributed by atoms with Gasteiger partial charge in [0, 0.05) is 6.20 Å². The minimum atomic E-state index is -0.338. The molecule has 0 aliphatic heterocycles. The van der Waals surface area contributed by atoms with E-state index in [2.05, 4.69) is 17.2 Å². The van der Waals surface area contributed by atoms with Crippen LogP contribution in [-0.4, -0.2) is 18.1 Å². The third-order valence-electron chi connectivity index (χ3n) is 4.86. The lowest BCUT2D eigenvalue weighted by molar-refractivity contribution is 0.0601. The first-order chi connectivity index (χ1) is 13.4. The zero-order valence-electron chi connectivity index (χ0n) is 16.6. The van der Waals surface area contributed by atoms with E-state index >= 15 is 0 Å². The van der Waals surface area contributed by atoms with Gasteiger partial charge in [-0.15, -0.1) is 0 Å². The van der Waals surface area contributed by atoms with Gasteiger partial charge < -0.3 is 15.8 Å². The minimum absolute atomic E-state index is 0.0308. The number of hydrogen-bond acceptors (Lipinski definition) is 5. The van der Waals surface area contributed by atoms with Crippen LogP contribution in [0, 0.1) is 13.8 Å². The van der Waals surface area contributed by atoms with Crippen molar-refractivity contribution >= 4 is 17.5 Å². The first kappa shape index (κ1) is 19.4. The van der Waals surface area contributed by atoms with E-state index in [0.717, 1.165) is 27.8 Å². The third kappa shape index (κ3) is 3.98. The van der Waals surface area contributed by atoms with Crippen molar-refractivity contribution in [2.75, 3.05) is 18.2 Å². The molecule has 0 aliphatic carbocycles. The highest BCUT2D eigenvalue weighted by atomic mass is 16.5. The van der Waals surface area contributed by atoms with Gasteiger partial charge in [-0.25, -0.2) is 9.78 Å². The summed E-state index contributed by atoms with van der Waals surface area (Å²) in [4.78, 5) is 16.4. The summed E-state index contributed by atoms with van der Waals surface area (Å²) < 4.78 is 4.92. The van der Waals surface area contributed by atoms with Gasteiger partial charge in [0.15, 0.2) is 0 Å². The van der Waals surface area contributed by atoms with Gasteiger partial charge >= 0.3 is 5.97 Å². The van der Waals surface area contributed by atoms with Gasteiger partial charge in [0.05, 0.1) is 24.4 Å². The molecule has 3 aromatic rings. The number of rotatable bonds is 5. The molecule has 5 heteroatoms. The highest BCUT2D eigenvalue weighted by molar-refractivity contribution is 5.97. The molecule has 1 atom stereocenters. The first-order valence-electron chi connectivity index (χ1n) is 9.17. The Labute approximate surface area is 165 Å². The molecular weight excluding hydrogens is 350 g/mol. The fourth-order valence-corrected chi connectivity index (χ4v) is 3.11. The van der Waals surface area contributed by atoms with Crippen molar-refractivity contribution in [3.8, 4) is 11.1 Å². The van der Waals surface area contributed by atoms with Crippen molar-refractivity contribution in [2.24, 2.45) is 0 Å². The van der Waals surface area contributed by atoms with E-state index in [0.29, 0.717) is 17.1 Å². The summed E-state index contributed by atoms with van der Waals surface area (Å²) in [6.07, 6.45) is 1.75. The van der Waals surface area contributed by atoms with E-state index in [1.807, 2.05) is 56.3 Å². The molecule has 0 saturated carbocycles. The summed E-state index contributed by atoms with van der Waals surface area (Å²) in [5.74, 6) is 0.346. The predicted octanol–water partition coefficient (Wildman–Crippen LogP) is 4.91. The second-order valence-corrected chi connectivity index (χ2v) is 6.92. The van der Waals surface area contributed by atoms with E-state index in [9.17, 15) is 4.79 Å². The molecule has 0 unspecified atom stereocenters. The maximum atomic E-state index is 12.1. The number of nitrogens with two attached hydrogens (primary N) is 1. The Balaban J connectivity index is 1.87. The maximum absolute atomic E-state index is 12.1. The van der Waals surface area contributed by atoms with Crippen LogP contribution in [0.2, 0.25) is 0 Å². The standard InChI is InChI=1S/C23H25N3O2/c1-14-5-10-19(23(27)28-4)20(13-14)18-8-6-17(7-9-18)16(3)26-22-21(24)15(2)11-12-25-22/h5-13,16H,24H2,1-4H3,(H,25,26)/t16-/m1/s1. The molecule has 2 aromatic carbocycles. The Hall–Kier alpha value is -3.34. The van der Waals surface area contributed by atoms with Crippen LogP contribution < -0.4 is 11.1 Å². The van der Waals surface area contributed by atoms with Crippen molar-refractivity contribution in [1.82, 2.24) is 4.98 Å². The number of methoxy groups -OCH3 is 1. The van der Waals surface area contributed by atoms with Crippen LogP contribution in [0.15, 0.2) is 54.7 Å². The van der Waals surface area contributed by atoms with Crippen LogP contribution in [0.3, 0.4) is 0 Å². The molecule has 0 spiro atoms. The number of hydrogen-bond donors (Lipinski definition) is 2. The van der Waals surface area contributed by atoms with Crippen LogP contribution in [0.1, 0.15) is 40.0 Å². The number of aryl methyl sites for hydroxylation is 2. The fraction of sp³-hybridized carbons (Fsp3) is 0.217. The SMILES string of the molecule is COC(=O)c1ccc(C)cc1-c1ccc([C@@H](C)Nc2nccc(C)c2N)cc1. The molecule has 3 N–H and O–H groups in total. The summed E-state index contributed by atoms with van der Waals surface area (Å²) in [7, 11) is 1.40. The lowest BCUT2D eigenvalue weighted by Gasteiger charge is -2.18. The number of carbonyl (C=O) groups excluding carboxylic acids is 1. The molecule has 0 aliphatic rings. The normalized spacial score (nSPS) is 11.7. The number of pyridine rings is 1. The highest BCUT2D eigenvalue weighted by Gasteiger charge is 2.14. The number of nitrogens with zero attached hydrogens (tertiary/aromatic N) is 1. The van der Waals surface area contributed by atoms with E-state index < -0.39 is 0 Å². The van der Waals surface area contributed by atoms with Crippen molar-refractivity contribution in [1.29, 1.82) is 0 Å². The Morgan fingerprint density at radius 1 is 1.11 bits per heavy atom. The molecule has 0 saturated heterocycles. The Morgan fingerprint density at radius 3 is 2.50 bits per heavy atom. The maximum Gasteiger partial charge on any atom is 0.338 e. The van der Waals surface area contributed by atoms with Crippen molar-refractivity contribution < 1.29 is 9.53 Å². The smallest absolute Gasteiger partial charge is 0.338 e. The van der Waals surface area contributed by atoms with Crippen molar-refractivity contribution in [3.05, 3.63) is 77.0 Å². The molecule has 0 radical (unpaired) electrons. The largest absolute Gasteiger partial charge is 0.465 e. The van der Waals surface area contributed by atoms with E-state index in [1.165, 1.54) is 7.11 Å². The van der Waals surface area contributed by atoms with Crippen LogP contribution >= 0.6 is 0 Å². The minimum Gasteiger partial charge on any atom is -0.465 e. The van der Waals surface area contributed by atoms with Gasteiger partial charge in [0.25, 0.3) is 0 Å². The molecule has 0 amide bonds. The molecule has 1 aromatic heterocycles. The number of anilines is 2. The second-order valence-electron chi connectivity index (χ2n) is 6.92. The topological polar surface area (TPSA) is 77.2 Å². The Morgan fingerprint density at radius 2 is 1.82 bits per heavy atom. The van der Waals surface area contributed by atoms with E-state index in [-0.39, 0.29) is 12.0 Å². The number of nitrogen functional groups attached to an aromatic ring is 1. The number of nitrogens with one attached hydrogen (secondary N) is 1. The Kier molecular flexibility index (Phi) is 5.64. The van der Waals surface area contributed by atoms with Crippen LogP contribution in [0.4, 0.5) is 11.5 Å². The fourth-order valence-electron chi connectivity index (χ4n) is 3.11. The van der Waals surface area contributed by atoms with Crippen LogP contribution in [0.5, 0.6) is 0 Å². The molecule has 5 nitrogen and oxygen atoms in total. The summed E-state index contributed by atoms with van der Waals surface area (Å²) in [6.45, 7) is 6.03. The number of esters is 1. The van der Waals surface area contributed by atoms with Crippen LogP contribution in [0.25, 0.3) is 11.1 Å². The highest BCUT2D eigenvalue weighted by Crippen LogP contribution is 2.29. The summed E-state index contributed by atoms with van der Waals surface area (Å²) in [5.41, 5.74) is 12.3. The van der Waals surface area contributed by atoms with Gasteiger partial charge in [-0.1, -0.05) is 42.0 Å². The Bertz CT molecular complexity index is 997. The lowest BCUT2D eigenvalue weighted by Crippen LogP contribution is -2.10. The summed E-state index contributed by atoms with van der Waals surface area (Å²) >= 11 is 0. The van der Waals surface area contributed by atoms with Crippen LogP contribution in [-0.2, 0) is 4.74 Å². The van der Waals surface area contributed by atoms with Gasteiger partial charge in [-0.2, -0.15) is 0 Å². The second kappa shape index (κ2) is 8.13. The van der Waals surface area contributed by atoms with Gasteiger partial charge in [-0.3, -0.25) is 0 Å². The summed E-state index contributed by atoms with van der Waals surface area (Å²) in [5, 5.41) is 3.36. The molecule has 144 valence electrons. The number of ether oxygens (including phenoxy) is 1. The molecule has 3 rings (SSSR count). The molecule has 0 fully saturated rings. The number of benzene rings is 2.